The van der Waals surface area contributed by atoms with Gasteiger partial charge in [0.15, 0.2) is 6.10 Å². The summed E-state index contributed by atoms with van der Waals surface area (Å²) in [5.74, 6) is -2.79. The maximum Gasteiger partial charge on any atom is 0.471 e. The average molecular weight is 598 g/mol. The number of amides is 1. The largest absolute Gasteiger partial charge is 0.486 e. The molecule has 0 saturated carbocycles. The SMILES string of the molecule is CCOc1nc2ccc(F)cc2n1-c1cccc2c1CCC2N(C(=O)C(F)(F)F)c1ccc2c(c1)OC(C)[C@H]2OC(C)=O. The number of ether oxygens (including phenoxy) is 3. The van der Waals surface area contributed by atoms with Crippen LogP contribution >= 0.6 is 0 Å². The molecule has 1 aliphatic carbocycles. The molecular formula is C31H27F4N3O5. The van der Waals surface area contributed by atoms with Gasteiger partial charge in [-0.05, 0) is 68.1 Å². The number of nitrogens with zero attached hydrogens (tertiary/aromatic N) is 3. The molecular weight excluding hydrogens is 570 g/mol. The van der Waals surface area contributed by atoms with Crippen molar-refractivity contribution in [1.82, 2.24) is 9.55 Å². The topological polar surface area (TPSA) is 82.9 Å². The molecule has 0 N–H and O–H groups in total. The van der Waals surface area contributed by atoms with E-state index in [-0.39, 0.29) is 30.5 Å². The smallest absolute Gasteiger partial charge is 0.471 e. The van der Waals surface area contributed by atoms with Gasteiger partial charge in [-0.1, -0.05) is 12.1 Å². The average Bonchev–Trinajstić information content (AvgIpc) is 3.61. The molecule has 1 aromatic heterocycles. The van der Waals surface area contributed by atoms with E-state index in [0.717, 1.165) is 4.90 Å². The highest BCUT2D eigenvalue weighted by molar-refractivity contribution is 5.98. The fourth-order valence-electron chi connectivity index (χ4n) is 6.01. The van der Waals surface area contributed by atoms with E-state index in [1.807, 2.05) is 0 Å². The highest BCUT2D eigenvalue weighted by Crippen LogP contribution is 2.47. The Bertz CT molecular complexity index is 1750. The molecule has 43 heavy (non-hydrogen) atoms. The van der Waals surface area contributed by atoms with E-state index < -0.39 is 42.1 Å². The minimum absolute atomic E-state index is 0.00911. The lowest BCUT2D eigenvalue weighted by Crippen LogP contribution is -2.43. The fourth-order valence-corrected chi connectivity index (χ4v) is 6.01. The number of halogens is 4. The first-order valence-corrected chi connectivity index (χ1v) is 13.8. The number of carbonyl (C=O) groups excluding carboxylic acids is 2. The van der Waals surface area contributed by atoms with Crippen molar-refractivity contribution in [1.29, 1.82) is 0 Å². The van der Waals surface area contributed by atoms with E-state index >= 15 is 0 Å². The molecule has 2 unspecified atom stereocenters. The van der Waals surface area contributed by atoms with Gasteiger partial charge in [0, 0.05) is 30.3 Å². The highest BCUT2D eigenvalue weighted by Gasteiger charge is 2.47. The van der Waals surface area contributed by atoms with E-state index in [1.54, 1.807) is 36.6 Å². The van der Waals surface area contributed by atoms with Gasteiger partial charge in [-0.2, -0.15) is 18.2 Å². The summed E-state index contributed by atoms with van der Waals surface area (Å²) in [6.07, 6.45) is -5.91. The van der Waals surface area contributed by atoms with Crippen LogP contribution in [0.2, 0.25) is 0 Å². The molecule has 0 fully saturated rings. The Hall–Kier alpha value is -4.61. The van der Waals surface area contributed by atoms with Crippen molar-refractivity contribution in [2.24, 2.45) is 0 Å². The molecule has 2 aliphatic rings. The Balaban J connectivity index is 1.46. The molecule has 3 aromatic carbocycles. The summed E-state index contributed by atoms with van der Waals surface area (Å²) < 4.78 is 75.1. The molecule has 12 heteroatoms. The number of anilines is 1. The number of aromatic nitrogens is 2. The van der Waals surface area contributed by atoms with Crippen LogP contribution in [0.3, 0.4) is 0 Å². The third-order valence-electron chi connectivity index (χ3n) is 7.70. The highest BCUT2D eigenvalue weighted by atomic mass is 19.4. The molecule has 1 amide bonds. The molecule has 6 rings (SSSR count). The van der Waals surface area contributed by atoms with Crippen LogP contribution in [0, 0.1) is 5.82 Å². The Labute approximate surface area is 243 Å². The van der Waals surface area contributed by atoms with Crippen molar-refractivity contribution >= 4 is 28.6 Å². The molecule has 3 atom stereocenters. The van der Waals surface area contributed by atoms with Crippen LogP contribution in [-0.4, -0.2) is 40.3 Å². The predicted octanol–water partition coefficient (Wildman–Crippen LogP) is 6.53. The summed E-state index contributed by atoms with van der Waals surface area (Å²) in [6.45, 7) is 5.01. The van der Waals surface area contributed by atoms with Crippen molar-refractivity contribution < 1.29 is 41.4 Å². The standard InChI is InChI=1S/C31H27F4N3O5/c1-4-41-30-36-23-12-8-18(32)14-26(23)38(30)24-7-5-6-20-21(24)11-13-25(20)37(29(40)31(33,34)35)19-9-10-22-27(15-19)42-16(2)28(22)43-17(3)39/h5-10,12,14-16,25,28H,4,11,13H2,1-3H3/t16?,25?,28-/m1/s1. The van der Waals surface area contributed by atoms with E-state index in [0.29, 0.717) is 39.8 Å². The molecule has 1 aliphatic heterocycles. The summed E-state index contributed by atoms with van der Waals surface area (Å²) in [7, 11) is 0. The van der Waals surface area contributed by atoms with Crippen LogP contribution in [0.1, 0.15) is 56.0 Å². The second kappa shape index (κ2) is 10.6. The van der Waals surface area contributed by atoms with Gasteiger partial charge in [-0.25, -0.2) is 4.39 Å². The van der Waals surface area contributed by atoms with Gasteiger partial charge in [0.25, 0.3) is 0 Å². The van der Waals surface area contributed by atoms with Crippen molar-refractivity contribution in [3.05, 3.63) is 77.1 Å². The van der Waals surface area contributed by atoms with Gasteiger partial charge in [0.05, 0.1) is 29.4 Å². The molecule has 0 bridgehead atoms. The molecule has 8 nitrogen and oxygen atoms in total. The lowest BCUT2D eigenvalue weighted by molar-refractivity contribution is -0.171. The minimum Gasteiger partial charge on any atom is -0.486 e. The van der Waals surface area contributed by atoms with E-state index in [2.05, 4.69) is 4.98 Å². The summed E-state index contributed by atoms with van der Waals surface area (Å²) in [4.78, 5) is 29.8. The number of alkyl halides is 3. The number of imidazole rings is 1. The Morgan fingerprint density at radius 3 is 2.63 bits per heavy atom. The fraction of sp³-hybridized carbons (Fsp3) is 0.323. The molecule has 0 saturated heterocycles. The van der Waals surface area contributed by atoms with Gasteiger partial charge < -0.3 is 14.2 Å². The van der Waals surface area contributed by atoms with E-state index in [9.17, 15) is 27.2 Å². The van der Waals surface area contributed by atoms with Gasteiger partial charge in [-0.3, -0.25) is 19.1 Å². The van der Waals surface area contributed by atoms with Crippen molar-refractivity contribution in [3.63, 3.8) is 0 Å². The van der Waals surface area contributed by atoms with Gasteiger partial charge in [0.2, 0.25) is 0 Å². The first-order valence-electron chi connectivity index (χ1n) is 13.8. The second-order valence-corrected chi connectivity index (χ2v) is 10.4. The Morgan fingerprint density at radius 2 is 1.91 bits per heavy atom. The number of hydrogen-bond donors (Lipinski definition) is 0. The van der Waals surface area contributed by atoms with Crippen LogP contribution in [0.25, 0.3) is 16.7 Å². The summed E-state index contributed by atoms with van der Waals surface area (Å²) in [5.41, 5.74) is 3.21. The maximum atomic E-state index is 14.3. The van der Waals surface area contributed by atoms with Crippen LogP contribution < -0.4 is 14.4 Å². The second-order valence-electron chi connectivity index (χ2n) is 10.4. The molecule has 4 aromatic rings. The zero-order valence-electron chi connectivity index (χ0n) is 23.4. The maximum absolute atomic E-state index is 14.3. The van der Waals surface area contributed by atoms with Gasteiger partial charge >= 0.3 is 24.1 Å². The number of carbonyl (C=O) groups is 2. The zero-order valence-corrected chi connectivity index (χ0v) is 23.4. The monoisotopic (exact) mass is 597 g/mol. The van der Waals surface area contributed by atoms with Gasteiger partial charge in [0.1, 0.15) is 17.7 Å². The van der Waals surface area contributed by atoms with Crippen molar-refractivity contribution in [2.45, 2.75) is 58.0 Å². The number of rotatable bonds is 6. The molecule has 0 spiro atoms. The number of fused-ring (bicyclic) bond motifs is 3. The Kier molecular flexibility index (Phi) is 7.02. The van der Waals surface area contributed by atoms with Crippen LogP contribution in [0.4, 0.5) is 23.2 Å². The third-order valence-corrected chi connectivity index (χ3v) is 7.70. The summed E-state index contributed by atoms with van der Waals surface area (Å²) >= 11 is 0. The van der Waals surface area contributed by atoms with Gasteiger partial charge in [-0.15, -0.1) is 0 Å². The predicted molar refractivity (Wildman–Crippen MR) is 148 cm³/mol. The van der Waals surface area contributed by atoms with E-state index in [4.69, 9.17) is 14.2 Å². The quantitative estimate of drug-likeness (QED) is 0.186. The summed E-state index contributed by atoms with van der Waals surface area (Å²) in [6, 6.07) is 12.8. The van der Waals surface area contributed by atoms with Crippen LogP contribution in [0.5, 0.6) is 11.8 Å². The minimum atomic E-state index is -5.16. The number of benzene rings is 3. The van der Waals surface area contributed by atoms with E-state index in [1.165, 1.54) is 43.3 Å². The normalized spacial score (nSPS) is 19.1. The first-order chi connectivity index (χ1) is 20.5. The lowest BCUT2D eigenvalue weighted by Gasteiger charge is -2.31. The number of esters is 1. The number of hydrogen-bond acceptors (Lipinski definition) is 6. The third kappa shape index (κ3) is 4.94. The zero-order chi connectivity index (χ0) is 30.6. The molecule has 224 valence electrons. The first kappa shape index (κ1) is 28.5. The molecule has 0 radical (unpaired) electrons. The van der Waals surface area contributed by atoms with Crippen LogP contribution in [0.15, 0.2) is 54.6 Å². The van der Waals surface area contributed by atoms with Crippen LogP contribution in [-0.2, 0) is 20.7 Å². The van der Waals surface area contributed by atoms with Crippen molar-refractivity contribution in [2.75, 3.05) is 11.5 Å². The summed E-state index contributed by atoms with van der Waals surface area (Å²) in [5, 5.41) is 0. The lowest BCUT2D eigenvalue weighted by atomic mass is 10.0. The van der Waals surface area contributed by atoms with Crippen molar-refractivity contribution in [3.8, 4) is 17.4 Å². The Morgan fingerprint density at radius 1 is 1.12 bits per heavy atom. The molecule has 2 heterocycles.